The molecular formula is C13H23NO6S. The van der Waals surface area contributed by atoms with Crippen molar-refractivity contribution in [3.63, 3.8) is 0 Å². The minimum absolute atomic E-state index is 0.0368. The van der Waals surface area contributed by atoms with Crippen LogP contribution in [0.15, 0.2) is 9.31 Å². The third-order valence-corrected chi connectivity index (χ3v) is 5.27. The monoisotopic (exact) mass is 321 g/mol. The van der Waals surface area contributed by atoms with Gasteiger partial charge in [0.2, 0.25) is 10.0 Å². The van der Waals surface area contributed by atoms with Crippen molar-refractivity contribution in [3.05, 3.63) is 17.1 Å². The number of hydrogen-bond acceptors (Lipinski definition) is 6. The molecule has 0 saturated heterocycles. The quantitative estimate of drug-likeness (QED) is 0.719. The summed E-state index contributed by atoms with van der Waals surface area (Å²) in [6.07, 6.45) is 0. The van der Waals surface area contributed by atoms with Gasteiger partial charge < -0.3 is 19.0 Å². The molecule has 0 aliphatic carbocycles. The number of aryl methyl sites for hydroxylation is 2. The third kappa shape index (κ3) is 4.04. The zero-order valence-electron chi connectivity index (χ0n) is 12.9. The summed E-state index contributed by atoms with van der Waals surface area (Å²) in [5.74, 6) is 0.684. The zero-order chi connectivity index (χ0) is 16.0. The first-order valence-corrected chi connectivity index (χ1v) is 8.01. The predicted molar refractivity (Wildman–Crippen MR) is 76.6 cm³/mol. The summed E-state index contributed by atoms with van der Waals surface area (Å²) in [6, 6.07) is 0. The maximum Gasteiger partial charge on any atom is 0.247 e. The number of hydrogen-bond donors (Lipinski definition) is 1. The van der Waals surface area contributed by atoms with Gasteiger partial charge in [0.15, 0.2) is 0 Å². The van der Waals surface area contributed by atoms with Crippen molar-refractivity contribution in [1.82, 2.24) is 4.31 Å². The molecule has 0 unspecified atom stereocenters. The minimum Gasteiger partial charge on any atom is -0.465 e. The number of rotatable bonds is 9. The fraction of sp³-hybridized carbons (Fsp3) is 0.692. The van der Waals surface area contributed by atoms with Crippen molar-refractivity contribution >= 4 is 10.0 Å². The Labute approximate surface area is 125 Å². The minimum atomic E-state index is -3.78. The topological polar surface area (TPSA) is 89.2 Å². The Kier molecular flexibility index (Phi) is 6.82. The highest BCUT2D eigenvalue weighted by Crippen LogP contribution is 2.29. The smallest absolute Gasteiger partial charge is 0.247 e. The van der Waals surface area contributed by atoms with E-state index in [9.17, 15) is 13.5 Å². The SMILES string of the molecule is COCCN(CCOC)S(=O)(=O)c1c(C)oc(C)c1CO. The number of aliphatic hydroxyl groups excluding tert-OH is 1. The average molecular weight is 321 g/mol. The molecule has 21 heavy (non-hydrogen) atoms. The standard InChI is InChI=1S/C13H23NO6S/c1-10-12(9-15)13(11(2)20-10)21(16,17)14(5-7-18-3)6-8-19-4/h15H,5-9H2,1-4H3. The molecule has 8 heteroatoms. The molecule has 0 aromatic carbocycles. The van der Waals surface area contributed by atoms with Gasteiger partial charge in [0.05, 0.1) is 19.8 Å². The summed E-state index contributed by atoms with van der Waals surface area (Å²) in [6.45, 7) is 3.77. The van der Waals surface area contributed by atoms with Gasteiger partial charge in [-0.15, -0.1) is 0 Å². The lowest BCUT2D eigenvalue weighted by Crippen LogP contribution is -2.37. The van der Waals surface area contributed by atoms with Crippen LogP contribution in [0.5, 0.6) is 0 Å². The number of ether oxygens (including phenoxy) is 2. The Morgan fingerprint density at radius 3 is 2.05 bits per heavy atom. The van der Waals surface area contributed by atoms with Gasteiger partial charge in [-0.3, -0.25) is 0 Å². The lowest BCUT2D eigenvalue weighted by molar-refractivity contribution is 0.150. The highest BCUT2D eigenvalue weighted by atomic mass is 32.2. The van der Waals surface area contributed by atoms with Gasteiger partial charge in [-0.05, 0) is 13.8 Å². The fourth-order valence-corrected chi connectivity index (χ4v) is 3.91. The molecule has 0 atom stereocenters. The van der Waals surface area contributed by atoms with Crippen LogP contribution in [0, 0.1) is 13.8 Å². The van der Waals surface area contributed by atoms with E-state index < -0.39 is 10.0 Å². The molecule has 0 aliphatic heterocycles. The van der Waals surface area contributed by atoms with Crippen LogP contribution in [0.2, 0.25) is 0 Å². The maximum absolute atomic E-state index is 12.8. The molecule has 0 radical (unpaired) electrons. The first-order chi connectivity index (χ1) is 9.89. The second-order valence-corrected chi connectivity index (χ2v) is 6.44. The number of sulfonamides is 1. The van der Waals surface area contributed by atoms with Crippen LogP contribution in [0.1, 0.15) is 17.1 Å². The van der Waals surface area contributed by atoms with Gasteiger partial charge in [-0.25, -0.2) is 8.42 Å². The molecule has 122 valence electrons. The molecule has 0 amide bonds. The number of furan rings is 1. The van der Waals surface area contributed by atoms with Crippen molar-refractivity contribution in [1.29, 1.82) is 0 Å². The van der Waals surface area contributed by atoms with Crippen molar-refractivity contribution in [2.45, 2.75) is 25.3 Å². The van der Waals surface area contributed by atoms with Crippen LogP contribution >= 0.6 is 0 Å². The van der Waals surface area contributed by atoms with Crippen LogP contribution in [0.3, 0.4) is 0 Å². The van der Waals surface area contributed by atoms with Gasteiger partial charge in [-0.1, -0.05) is 0 Å². The fourth-order valence-electron chi connectivity index (χ4n) is 2.10. The zero-order valence-corrected chi connectivity index (χ0v) is 13.7. The van der Waals surface area contributed by atoms with Crippen molar-refractivity contribution in [2.75, 3.05) is 40.5 Å². The van der Waals surface area contributed by atoms with Crippen molar-refractivity contribution < 1.29 is 27.4 Å². The highest BCUT2D eigenvalue weighted by Gasteiger charge is 2.31. The molecule has 0 bridgehead atoms. The van der Waals surface area contributed by atoms with E-state index >= 15 is 0 Å². The lowest BCUT2D eigenvalue weighted by Gasteiger charge is -2.21. The molecule has 0 fully saturated rings. The highest BCUT2D eigenvalue weighted by molar-refractivity contribution is 7.89. The molecular weight excluding hydrogens is 298 g/mol. The van der Waals surface area contributed by atoms with E-state index in [-0.39, 0.29) is 43.6 Å². The second-order valence-electron chi connectivity index (χ2n) is 4.57. The Bertz CT molecular complexity index is 543. The number of methoxy groups -OCH3 is 2. The van der Waals surface area contributed by atoms with Gasteiger partial charge >= 0.3 is 0 Å². The number of aliphatic hydroxyl groups is 1. The Balaban J connectivity index is 3.21. The van der Waals surface area contributed by atoms with Gasteiger partial charge in [-0.2, -0.15) is 4.31 Å². The third-order valence-electron chi connectivity index (χ3n) is 3.17. The average Bonchev–Trinajstić information content (AvgIpc) is 2.73. The summed E-state index contributed by atoms with van der Waals surface area (Å²) in [4.78, 5) is 0.0368. The van der Waals surface area contributed by atoms with Crippen molar-refractivity contribution in [3.8, 4) is 0 Å². The van der Waals surface area contributed by atoms with Gasteiger partial charge in [0, 0.05) is 32.9 Å². The van der Waals surface area contributed by atoms with Crippen LogP contribution in [0.25, 0.3) is 0 Å². The van der Waals surface area contributed by atoms with Crippen LogP contribution in [0.4, 0.5) is 0 Å². The summed E-state index contributed by atoms with van der Waals surface area (Å²) in [5.41, 5.74) is 0.298. The van der Waals surface area contributed by atoms with E-state index in [2.05, 4.69) is 0 Å². The first kappa shape index (κ1) is 18.1. The van der Waals surface area contributed by atoms with Gasteiger partial charge in [0.1, 0.15) is 16.4 Å². The van der Waals surface area contributed by atoms with E-state index in [0.717, 1.165) is 0 Å². The largest absolute Gasteiger partial charge is 0.465 e. The Morgan fingerprint density at radius 2 is 1.62 bits per heavy atom. The van der Waals surface area contributed by atoms with Crippen LogP contribution in [-0.4, -0.2) is 58.4 Å². The molecule has 0 aliphatic rings. The maximum atomic E-state index is 12.8. The van der Waals surface area contributed by atoms with Crippen LogP contribution in [-0.2, 0) is 26.1 Å². The summed E-state index contributed by atoms with van der Waals surface area (Å²) < 4.78 is 42.1. The van der Waals surface area contributed by atoms with Crippen molar-refractivity contribution in [2.24, 2.45) is 0 Å². The molecule has 0 saturated carbocycles. The van der Waals surface area contributed by atoms with Gasteiger partial charge in [0.25, 0.3) is 0 Å². The van der Waals surface area contributed by atoms with E-state index in [0.29, 0.717) is 11.3 Å². The Morgan fingerprint density at radius 1 is 1.10 bits per heavy atom. The van der Waals surface area contributed by atoms with E-state index in [1.165, 1.54) is 18.5 Å². The molecule has 1 aromatic rings. The van der Waals surface area contributed by atoms with E-state index in [4.69, 9.17) is 13.9 Å². The summed E-state index contributed by atoms with van der Waals surface area (Å²) in [5, 5.41) is 9.42. The van der Waals surface area contributed by atoms with E-state index in [1.807, 2.05) is 0 Å². The molecule has 1 aromatic heterocycles. The summed E-state index contributed by atoms with van der Waals surface area (Å²) in [7, 11) is -0.764. The normalized spacial score (nSPS) is 12.3. The molecule has 7 nitrogen and oxygen atoms in total. The molecule has 1 N–H and O–H groups in total. The number of nitrogens with zero attached hydrogens (tertiary/aromatic N) is 1. The van der Waals surface area contributed by atoms with Crippen LogP contribution < -0.4 is 0 Å². The molecule has 0 spiro atoms. The second kappa shape index (κ2) is 7.90. The predicted octanol–water partition coefficient (Wildman–Crippen LogP) is 0.672. The van der Waals surface area contributed by atoms with E-state index in [1.54, 1.807) is 13.8 Å². The Hall–Kier alpha value is -0.930. The molecule has 1 rings (SSSR count). The lowest BCUT2D eigenvalue weighted by atomic mass is 10.2. The summed E-state index contributed by atoms with van der Waals surface area (Å²) >= 11 is 0. The first-order valence-electron chi connectivity index (χ1n) is 6.57. The molecule has 1 heterocycles.